The summed E-state index contributed by atoms with van der Waals surface area (Å²) < 4.78 is 0. The molecule has 1 aliphatic carbocycles. The second-order valence-electron chi connectivity index (χ2n) is 7.48. The number of nitrogens with zero attached hydrogens (tertiary/aromatic N) is 6. The van der Waals surface area contributed by atoms with E-state index >= 15 is 0 Å². The van der Waals surface area contributed by atoms with Crippen molar-refractivity contribution in [2.75, 3.05) is 63.8 Å². The van der Waals surface area contributed by atoms with Gasteiger partial charge in [0, 0.05) is 58.4 Å². The van der Waals surface area contributed by atoms with E-state index in [1.165, 1.54) is 19.3 Å². The van der Waals surface area contributed by atoms with E-state index in [9.17, 15) is 4.79 Å². The minimum atomic E-state index is 0.276. The van der Waals surface area contributed by atoms with Crippen LogP contribution in [0, 0.1) is 0 Å². The third-order valence-corrected chi connectivity index (χ3v) is 6.13. The van der Waals surface area contributed by atoms with Gasteiger partial charge >= 0.3 is 0 Å². The number of hydrogen-bond acceptors (Lipinski definition) is 6. The molecule has 0 N–H and O–H groups in total. The van der Waals surface area contributed by atoms with Crippen molar-refractivity contribution >= 4 is 23.3 Å². The van der Waals surface area contributed by atoms with Gasteiger partial charge in [0.1, 0.15) is 0 Å². The molecule has 3 heterocycles. The molecule has 0 aromatic carbocycles. The normalized spacial score (nSPS) is 23.1. The molecule has 3 aliphatic rings. The largest absolute Gasteiger partial charge is 0.353 e. The van der Waals surface area contributed by atoms with Crippen LogP contribution in [0.3, 0.4) is 0 Å². The molecule has 1 amide bonds. The van der Waals surface area contributed by atoms with Gasteiger partial charge in [-0.3, -0.25) is 14.6 Å². The number of anilines is 1. The maximum atomic E-state index is 12.6. The van der Waals surface area contributed by atoms with Gasteiger partial charge in [-0.2, -0.15) is 0 Å². The maximum absolute atomic E-state index is 12.6. The Morgan fingerprint density at radius 3 is 2.31 bits per heavy atom. The van der Waals surface area contributed by atoms with Crippen LogP contribution in [-0.4, -0.2) is 95.7 Å². The summed E-state index contributed by atoms with van der Waals surface area (Å²) in [4.78, 5) is 21.7. The predicted octanol–water partition coefficient (Wildman–Crippen LogP) is 0.949. The molecule has 3 fully saturated rings. The number of amides is 1. The molecule has 142 valence electrons. The zero-order valence-electron chi connectivity index (χ0n) is 15.2. The van der Waals surface area contributed by atoms with E-state index in [0.717, 1.165) is 64.2 Å². The van der Waals surface area contributed by atoms with Gasteiger partial charge in [-0.15, -0.1) is 10.2 Å². The van der Waals surface area contributed by atoms with E-state index in [4.69, 9.17) is 11.6 Å². The topological polar surface area (TPSA) is 55.8 Å². The van der Waals surface area contributed by atoms with Gasteiger partial charge in [0.2, 0.25) is 5.91 Å². The number of piperazine rings is 2. The molecule has 0 spiro atoms. The van der Waals surface area contributed by atoms with Crippen LogP contribution in [0.15, 0.2) is 12.1 Å². The standard InChI is InChI=1S/C18H27ClN6O/c19-16-4-5-17(21-20-16)24-8-6-22(7-9-24)14-18(26)25-12-10-23(11-13-25)15-2-1-3-15/h4-5,15H,1-3,6-14H2. The Morgan fingerprint density at radius 1 is 1.00 bits per heavy atom. The van der Waals surface area contributed by atoms with E-state index < -0.39 is 0 Å². The van der Waals surface area contributed by atoms with Crippen molar-refractivity contribution in [3.05, 3.63) is 17.3 Å². The van der Waals surface area contributed by atoms with Crippen LogP contribution in [-0.2, 0) is 4.79 Å². The molecule has 1 saturated carbocycles. The van der Waals surface area contributed by atoms with E-state index in [1.54, 1.807) is 6.07 Å². The molecule has 0 radical (unpaired) electrons. The van der Waals surface area contributed by atoms with Crippen molar-refractivity contribution < 1.29 is 4.79 Å². The van der Waals surface area contributed by atoms with Gasteiger partial charge in [0.25, 0.3) is 0 Å². The van der Waals surface area contributed by atoms with Gasteiger partial charge in [0.05, 0.1) is 6.54 Å². The number of aromatic nitrogens is 2. The van der Waals surface area contributed by atoms with E-state index in [-0.39, 0.29) is 5.91 Å². The van der Waals surface area contributed by atoms with E-state index in [0.29, 0.717) is 11.7 Å². The van der Waals surface area contributed by atoms with E-state index in [1.807, 2.05) is 11.0 Å². The van der Waals surface area contributed by atoms with Crippen LogP contribution in [0.4, 0.5) is 5.82 Å². The highest BCUT2D eigenvalue weighted by Gasteiger charge is 2.30. The smallest absolute Gasteiger partial charge is 0.236 e. The zero-order valence-corrected chi connectivity index (χ0v) is 15.9. The van der Waals surface area contributed by atoms with Crippen LogP contribution in [0.25, 0.3) is 0 Å². The van der Waals surface area contributed by atoms with E-state index in [2.05, 4.69) is 24.9 Å². The molecule has 2 aliphatic heterocycles. The van der Waals surface area contributed by atoms with Gasteiger partial charge in [-0.05, 0) is 25.0 Å². The number of carbonyl (C=O) groups is 1. The second kappa shape index (κ2) is 8.06. The lowest BCUT2D eigenvalue weighted by atomic mass is 9.91. The fourth-order valence-corrected chi connectivity index (χ4v) is 4.09. The summed E-state index contributed by atoms with van der Waals surface area (Å²) in [5, 5.41) is 8.46. The molecule has 0 atom stereocenters. The van der Waals surface area contributed by atoms with Crippen molar-refractivity contribution in [3.63, 3.8) is 0 Å². The zero-order chi connectivity index (χ0) is 17.9. The van der Waals surface area contributed by atoms with Gasteiger partial charge in [-0.1, -0.05) is 18.0 Å². The molecule has 0 bridgehead atoms. The molecule has 1 aromatic rings. The minimum Gasteiger partial charge on any atom is -0.353 e. The lowest BCUT2D eigenvalue weighted by Crippen LogP contribution is -2.56. The molecule has 8 heteroatoms. The second-order valence-corrected chi connectivity index (χ2v) is 7.87. The average molecular weight is 379 g/mol. The van der Waals surface area contributed by atoms with Crippen molar-refractivity contribution in [2.45, 2.75) is 25.3 Å². The number of halogens is 1. The SMILES string of the molecule is O=C(CN1CCN(c2ccc(Cl)nn2)CC1)N1CCN(C2CCC2)CC1. The molecular weight excluding hydrogens is 352 g/mol. The number of hydrogen-bond donors (Lipinski definition) is 0. The summed E-state index contributed by atoms with van der Waals surface area (Å²) in [5.74, 6) is 1.13. The molecule has 0 unspecified atom stereocenters. The maximum Gasteiger partial charge on any atom is 0.236 e. The van der Waals surface area contributed by atoms with Crippen molar-refractivity contribution in [2.24, 2.45) is 0 Å². The van der Waals surface area contributed by atoms with Crippen LogP contribution in [0.5, 0.6) is 0 Å². The average Bonchev–Trinajstić information content (AvgIpc) is 2.62. The fraction of sp³-hybridized carbons (Fsp3) is 0.722. The van der Waals surface area contributed by atoms with Gasteiger partial charge < -0.3 is 9.80 Å². The highest BCUT2D eigenvalue weighted by molar-refractivity contribution is 6.29. The third kappa shape index (κ3) is 4.10. The van der Waals surface area contributed by atoms with Crippen LogP contribution in [0.2, 0.25) is 5.15 Å². The number of rotatable bonds is 4. The van der Waals surface area contributed by atoms with Crippen molar-refractivity contribution in [1.29, 1.82) is 0 Å². The Labute approximate surface area is 159 Å². The van der Waals surface area contributed by atoms with Gasteiger partial charge in [-0.25, -0.2) is 0 Å². The quantitative estimate of drug-likeness (QED) is 0.777. The predicted molar refractivity (Wildman–Crippen MR) is 101 cm³/mol. The molecule has 2 saturated heterocycles. The van der Waals surface area contributed by atoms with Crippen molar-refractivity contribution in [3.8, 4) is 0 Å². The third-order valence-electron chi connectivity index (χ3n) is 5.93. The summed E-state index contributed by atoms with van der Waals surface area (Å²) in [6.45, 7) is 7.85. The van der Waals surface area contributed by atoms with Gasteiger partial charge in [0.15, 0.2) is 11.0 Å². The highest BCUT2D eigenvalue weighted by Crippen LogP contribution is 2.25. The Hall–Kier alpha value is -1.44. The van der Waals surface area contributed by atoms with Crippen molar-refractivity contribution in [1.82, 2.24) is 24.9 Å². The summed E-state index contributed by atoms with van der Waals surface area (Å²) in [5.41, 5.74) is 0. The summed E-state index contributed by atoms with van der Waals surface area (Å²) in [6.07, 6.45) is 4.06. The Morgan fingerprint density at radius 2 is 1.73 bits per heavy atom. The molecule has 26 heavy (non-hydrogen) atoms. The Balaban J connectivity index is 1.20. The fourth-order valence-electron chi connectivity index (χ4n) is 3.99. The molecule has 4 rings (SSSR count). The Bertz CT molecular complexity index is 607. The van der Waals surface area contributed by atoms with Crippen LogP contribution in [0.1, 0.15) is 19.3 Å². The molecule has 1 aromatic heterocycles. The summed E-state index contributed by atoms with van der Waals surface area (Å²) in [6, 6.07) is 4.46. The first kappa shape index (κ1) is 17.9. The number of carbonyl (C=O) groups excluding carboxylic acids is 1. The van der Waals surface area contributed by atoms with Crippen LogP contribution < -0.4 is 4.90 Å². The highest BCUT2D eigenvalue weighted by atomic mass is 35.5. The Kier molecular flexibility index (Phi) is 5.57. The monoisotopic (exact) mass is 378 g/mol. The first-order valence-electron chi connectivity index (χ1n) is 9.67. The lowest BCUT2D eigenvalue weighted by Gasteiger charge is -2.43. The van der Waals surface area contributed by atoms with Crippen LogP contribution >= 0.6 is 11.6 Å². The molecular formula is C18H27ClN6O. The summed E-state index contributed by atoms with van der Waals surface area (Å²) >= 11 is 5.80. The minimum absolute atomic E-state index is 0.276. The summed E-state index contributed by atoms with van der Waals surface area (Å²) in [7, 11) is 0. The first-order valence-corrected chi connectivity index (χ1v) is 10.1. The molecule has 7 nitrogen and oxygen atoms in total. The first-order chi connectivity index (χ1) is 12.7. The lowest BCUT2D eigenvalue weighted by molar-refractivity contribution is -0.134.